The Kier molecular flexibility index (Phi) is 13.8. The van der Waals surface area contributed by atoms with Crippen LogP contribution in [0.4, 0.5) is 0 Å². The van der Waals surface area contributed by atoms with Gasteiger partial charge in [0.05, 0.1) is 18.3 Å². The molecule has 0 spiro atoms. The summed E-state index contributed by atoms with van der Waals surface area (Å²) in [6, 6.07) is 8.83. The molecule has 1 aromatic carbocycles. The Morgan fingerprint density at radius 2 is 1.77 bits per heavy atom. The van der Waals surface area contributed by atoms with Crippen molar-refractivity contribution in [3.63, 3.8) is 0 Å². The number of amides is 1. The molecule has 3 rings (SSSR count). The van der Waals surface area contributed by atoms with E-state index in [1.54, 1.807) is 0 Å². The van der Waals surface area contributed by atoms with E-state index in [0.717, 1.165) is 56.0 Å². The molecule has 0 atom stereocenters. The second kappa shape index (κ2) is 15.5. The maximum atomic E-state index is 12.0. The molecule has 1 amide bonds. The van der Waals surface area contributed by atoms with Crippen molar-refractivity contribution >= 4 is 41.6 Å². The molecule has 1 aliphatic rings. The predicted octanol–water partition coefficient (Wildman–Crippen LogP) is 3.68. The van der Waals surface area contributed by atoms with Gasteiger partial charge in [0.25, 0.3) is 0 Å². The molecule has 1 fully saturated rings. The minimum atomic E-state index is 0. The highest BCUT2D eigenvalue weighted by atomic mass is 35.5. The van der Waals surface area contributed by atoms with E-state index >= 15 is 0 Å². The zero-order valence-electron chi connectivity index (χ0n) is 17.8. The van der Waals surface area contributed by atoms with Gasteiger partial charge in [-0.15, -0.1) is 24.8 Å². The van der Waals surface area contributed by atoms with Gasteiger partial charge in [-0.05, 0) is 38.3 Å². The van der Waals surface area contributed by atoms with Crippen molar-refractivity contribution in [2.24, 2.45) is 0 Å². The van der Waals surface area contributed by atoms with Crippen molar-refractivity contribution in [2.45, 2.75) is 64.0 Å². The van der Waals surface area contributed by atoms with E-state index in [0.29, 0.717) is 13.0 Å². The summed E-state index contributed by atoms with van der Waals surface area (Å²) in [4.78, 5) is 12.0. The van der Waals surface area contributed by atoms with E-state index in [4.69, 9.17) is 0 Å². The summed E-state index contributed by atoms with van der Waals surface area (Å²) in [7, 11) is 0. The van der Waals surface area contributed by atoms with Crippen LogP contribution in [-0.2, 0) is 11.3 Å². The van der Waals surface area contributed by atoms with Crippen LogP contribution in [0.3, 0.4) is 0 Å². The first-order valence-corrected chi connectivity index (χ1v) is 10.9. The second-order valence-electron chi connectivity index (χ2n) is 7.77. The molecule has 6 nitrogen and oxygen atoms in total. The fraction of sp³-hybridized carbons (Fsp3) is 0.636. The SMILES string of the molecule is Cl.Cl.O=C(CCn1ncc2ccccc21)NCCCCNCCNC1CCCCC1. The Morgan fingerprint density at radius 1 is 1.00 bits per heavy atom. The highest BCUT2D eigenvalue weighted by molar-refractivity contribution is 5.85. The van der Waals surface area contributed by atoms with Crippen molar-refractivity contribution in [2.75, 3.05) is 26.2 Å². The van der Waals surface area contributed by atoms with Gasteiger partial charge in [0, 0.05) is 37.5 Å². The summed E-state index contributed by atoms with van der Waals surface area (Å²) < 4.78 is 1.90. The molecule has 0 saturated heterocycles. The minimum Gasteiger partial charge on any atom is -0.356 e. The lowest BCUT2D eigenvalue weighted by Gasteiger charge is -2.22. The van der Waals surface area contributed by atoms with E-state index in [2.05, 4.69) is 21.0 Å². The molecule has 0 radical (unpaired) electrons. The van der Waals surface area contributed by atoms with Gasteiger partial charge in [-0.25, -0.2) is 0 Å². The van der Waals surface area contributed by atoms with Crippen molar-refractivity contribution in [1.82, 2.24) is 25.7 Å². The second-order valence-corrected chi connectivity index (χ2v) is 7.77. The molecule has 170 valence electrons. The normalized spacial score (nSPS) is 14.1. The zero-order chi connectivity index (χ0) is 19.4. The maximum Gasteiger partial charge on any atom is 0.221 e. The summed E-state index contributed by atoms with van der Waals surface area (Å²) >= 11 is 0. The highest BCUT2D eigenvalue weighted by Crippen LogP contribution is 2.17. The molecule has 1 saturated carbocycles. The number of aromatic nitrogens is 2. The van der Waals surface area contributed by atoms with E-state index in [1.165, 1.54) is 32.1 Å². The number of hydrogen-bond donors (Lipinski definition) is 3. The topological polar surface area (TPSA) is 71.0 Å². The number of rotatable bonds is 12. The van der Waals surface area contributed by atoms with Crippen molar-refractivity contribution in [3.8, 4) is 0 Å². The predicted molar refractivity (Wildman–Crippen MR) is 129 cm³/mol. The molecule has 1 aromatic heterocycles. The fourth-order valence-corrected chi connectivity index (χ4v) is 3.90. The van der Waals surface area contributed by atoms with Crippen LogP contribution < -0.4 is 16.0 Å². The lowest BCUT2D eigenvalue weighted by molar-refractivity contribution is -0.121. The van der Waals surface area contributed by atoms with Crippen LogP contribution in [0.2, 0.25) is 0 Å². The first-order chi connectivity index (χ1) is 13.8. The summed E-state index contributed by atoms with van der Waals surface area (Å²) in [6.45, 7) is 4.47. The summed E-state index contributed by atoms with van der Waals surface area (Å²) in [6.07, 6.45) is 11.3. The molecule has 1 heterocycles. The maximum absolute atomic E-state index is 12.0. The zero-order valence-corrected chi connectivity index (χ0v) is 19.4. The van der Waals surface area contributed by atoms with E-state index in [9.17, 15) is 4.79 Å². The molecular formula is C22H37Cl2N5O. The van der Waals surface area contributed by atoms with Gasteiger partial charge in [-0.2, -0.15) is 5.10 Å². The standard InChI is InChI=1S/C22H35N5O.2ClH/c28-22(12-17-27-21-11-5-4-8-19(21)18-26-27)25-14-7-6-13-23-15-16-24-20-9-2-1-3-10-20;;/h4-5,8,11,18,20,23-24H,1-3,6-7,9-10,12-17H2,(H,25,28);2*1H. The van der Waals surface area contributed by atoms with Crippen LogP contribution in [0.1, 0.15) is 51.4 Å². The van der Waals surface area contributed by atoms with Crippen molar-refractivity contribution in [1.29, 1.82) is 0 Å². The number of carbonyl (C=O) groups is 1. The van der Waals surface area contributed by atoms with E-state index in [1.807, 2.05) is 35.1 Å². The number of fused-ring (bicyclic) bond motifs is 1. The molecule has 0 unspecified atom stereocenters. The van der Waals surface area contributed by atoms with Crippen LogP contribution >= 0.6 is 24.8 Å². The molecular weight excluding hydrogens is 421 g/mol. The minimum absolute atomic E-state index is 0. The number of unbranched alkanes of at least 4 members (excludes halogenated alkanes) is 1. The third-order valence-electron chi connectivity index (χ3n) is 5.54. The van der Waals surface area contributed by atoms with Crippen LogP contribution in [0, 0.1) is 0 Å². The first-order valence-electron chi connectivity index (χ1n) is 10.9. The Labute approximate surface area is 192 Å². The van der Waals surface area contributed by atoms with Crippen LogP contribution in [0.25, 0.3) is 10.9 Å². The Morgan fingerprint density at radius 3 is 2.60 bits per heavy atom. The number of nitrogens with zero attached hydrogens (tertiary/aromatic N) is 2. The first kappa shape index (κ1) is 26.7. The Hall–Kier alpha value is -1.34. The molecule has 2 aromatic rings. The van der Waals surface area contributed by atoms with Crippen LogP contribution in [0.15, 0.2) is 30.5 Å². The van der Waals surface area contributed by atoms with Gasteiger partial charge in [0.2, 0.25) is 5.91 Å². The number of aryl methyl sites for hydroxylation is 1. The number of para-hydroxylation sites is 1. The lowest BCUT2D eigenvalue weighted by atomic mass is 9.95. The van der Waals surface area contributed by atoms with E-state index < -0.39 is 0 Å². The van der Waals surface area contributed by atoms with Crippen molar-refractivity contribution in [3.05, 3.63) is 30.5 Å². The van der Waals surface area contributed by atoms with Gasteiger partial charge < -0.3 is 16.0 Å². The number of halogens is 2. The van der Waals surface area contributed by atoms with E-state index in [-0.39, 0.29) is 30.7 Å². The third kappa shape index (κ3) is 9.21. The molecule has 30 heavy (non-hydrogen) atoms. The number of nitrogens with one attached hydrogen (secondary N) is 3. The highest BCUT2D eigenvalue weighted by Gasteiger charge is 2.11. The van der Waals surface area contributed by atoms with Gasteiger partial charge in [0.15, 0.2) is 0 Å². The third-order valence-corrected chi connectivity index (χ3v) is 5.54. The average Bonchev–Trinajstić information content (AvgIpc) is 3.15. The van der Waals surface area contributed by atoms with Gasteiger partial charge >= 0.3 is 0 Å². The fourth-order valence-electron chi connectivity index (χ4n) is 3.90. The Bertz CT molecular complexity index is 718. The molecule has 0 bridgehead atoms. The monoisotopic (exact) mass is 457 g/mol. The number of carbonyl (C=O) groups excluding carboxylic acids is 1. The van der Waals surface area contributed by atoms with Gasteiger partial charge in [-0.1, -0.05) is 37.5 Å². The lowest BCUT2D eigenvalue weighted by Crippen LogP contribution is -2.36. The average molecular weight is 458 g/mol. The summed E-state index contributed by atoms with van der Waals surface area (Å²) in [5.74, 6) is 0.101. The number of benzene rings is 1. The van der Waals surface area contributed by atoms with Crippen LogP contribution in [-0.4, -0.2) is 47.9 Å². The molecule has 8 heteroatoms. The largest absolute Gasteiger partial charge is 0.356 e. The molecule has 0 aliphatic heterocycles. The van der Waals surface area contributed by atoms with Crippen molar-refractivity contribution < 1.29 is 4.79 Å². The Balaban J connectivity index is 0.00000225. The van der Waals surface area contributed by atoms with Gasteiger partial charge in [-0.3, -0.25) is 9.48 Å². The quantitative estimate of drug-likeness (QED) is 0.425. The molecule has 3 N–H and O–H groups in total. The molecule has 1 aliphatic carbocycles. The number of hydrogen-bond acceptors (Lipinski definition) is 4. The smallest absolute Gasteiger partial charge is 0.221 e. The van der Waals surface area contributed by atoms with Gasteiger partial charge in [0.1, 0.15) is 0 Å². The summed E-state index contributed by atoms with van der Waals surface area (Å²) in [5, 5.41) is 15.6. The summed E-state index contributed by atoms with van der Waals surface area (Å²) in [5.41, 5.74) is 1.08. The van der Waals surface area contributed by atoms with Crippen LogP contribution in [0.5, 0.6) is 0 Å².